The molecule has 0 aromatic heterocycles. The highest BCUT2D eigenvalue weighted by atomic mass is 32.3. The van der Waals surface area contributed by atoms with E-state index in [0.29, 0.717) is 12.8 Å². The third-order valence-corrected chi connectivity index (χ3v) is 4.39. The molecule has 0 aliphatic rings. The summed E-state index contributed by atoms with van der Waals surface area (Å²) in [5.41, 5.74) is 0. The van der Waals surface area contributed by atoms with Gasteiger partial charge >= 0.3 is 20.8 Å². The van der Waals surface area contributed by atoms with E-state index in [0.717, 1.165) is 25.7 Å². The van der Waals surface area contributed by atoms with Gasteiger partial charge in [-0.2, -0.15) is 16.8 Å². The molecule has 0 fully saturated rings. The third kappa shape index (κ3) is 31.5. The van der Waals surface area contributed by atoms with Crippen LogP contribution in [0.3, 0.4) is 0 Å². The van der Waals surface area contributed by atoms with Gasteiger partial charge in [-0.1, -0.05) is 78.1 Å². The second kappa shape index (κ2) is 18.1. The monoisotopic (exact) mass is 420 g/mol. The van der Waals surface area contributed by atoms with E-state index < -0.39 is 20.8 Å². The molecule has 0 saturated heterocycles. The van der Waals surface area contributed by atoms with E-state index >= 15 is 0 Å². The minimum atomic E-state index is -4.22. The molecule has 8 nitrogen and oxygen atoms in total. The molecule has 0 saturated carbocycles. The zero-order valence-electron chi connectivity index (χ0n) is 16.1. The van der Waals surface area contributed by atoms with E-state index in [4.69, 9.17) is 9.11 Å². The van der Waals surface area contributed by atoms with Crippen molar-refractivity contribution in [3.63, 3.8) is 0 Å². The first kappa shape index (κ1) is 28.0. The second-order valence-electron chi connectivity index (χ2n) is 6.03. The zero-order valence-corrected chi connectivity index (χ0v) is 17.7. The van der Waals surface area contributed by atoms with Crippen molar-refractivity contribution in [1.29, 1.82) is 0 Å². The summed E-state index contributed by atoms with van der Waals surface area (Å²) in [6, 6.07) is 0. The normalized spacial score (nSPS) is 11.8. The van der Waals surface area contributed by atoms with Gasteiger partial charge in [-0.05, 0) is 12.8 Å². The van der Waals surface area contributed by atoms with Gasteiger partial charge in [0.05, 0.1) is 13.2 Å². The maximum atomic E-state index is 10.1. The first-order valence-electron chi connectivity index (χ1n) is 9.36. The van der Waals surface area contributed by atoms with E-state index in [9.17, 15) is 16.8 Å². The van der Waals surface area contributed by atoms with Gasteiger partial charge in [-0.25, -0.2) is 8.37 Å². The van der Waals surface area contributed by atoms with Crippen LogP contribution in [0.25, 0.3) is 0 Å². The zero-order chi connectivity index (χ0) is 20.3. The Balaban J connectivity index is 0. The van der Waals surface area contributed by atoms with Gasteiger partial charge in [-0.3, -0.25) is 9.11 Å². The maximum Gasteiger partial charge on any atom is 0.397 e. The van der Waals surface area contributed by atoms with Gasteiger partial charge in [0.2, 0.25) is 0 Å². The van der Waals surface area contributed by atoms with Crippen LogP contribution in [0.4, 0.5) is 0 Å². The van der Waals surface area contributed by atoms with E-state index in [1.165, 1.54) is 38.5 Å². The summed E-state index contributed by atoms with van der Waals surface area (Å²) in [6.45, 7) is 4.46. The maximum absolute atomic E-state index is 10.1. The van der Waals surface area contributed by atoms with Gasteiger partial charge in [-0.15, -0.1) is 0 Å². The Morgan fingerprint density at radius 2 is 0.808 bits per heavy atom. The Bertz CT molecular complexity index is 442. The summed E-state index contributed by atoms with van der Waals surface area (Å²) < 4.78 is 65.1. The first-order valence-corrected chi connectivity index (χ1v) is 12.1. The standard InChI is InChI=1S/2C8H18O4S/c2*1-2-3-4-5-6-7-8-12-13(9,10)11/h2*2-8H2,1H3,(H,9,10,11). The molecular formula is C16H36O8S2. The predicted octanol–water partition coefficient (Wildman–Crippen LogP) is 4.33. The quantitative estimate of drug-likeness (QED) is 0.279. The summed E-state index contributed by atoms with van der Waals surface area (Å²) >= 11 is 0. The van der Waals surface area contributed by atoms with Crippen molar-refractivity contribution in [1.82, 2.24) is 0 Å². The van der Waals surface area contributed by atoms with Crippen LogP contribution in [-0.4, -0.2) is 39.2 Å². The fourth-order valence-electron chi connectivity index (χ4n) is 2.09. The minimum absolute atomic E-state index is 0.0883. The van der Waals surface area contributed by atoms with Crippen LogP contribution in [0, 0.1) is 0 Å². The molecule has 2 N–H and O–H groups in total. The van der Waals surface area contributed by atoms with E-state index in [1.807, 2.05) is 0 Å². The SMILES string of the molecule is CCCCCCCCOS(=O)(=O)O.CCCCCCCCOS(=O)(=O)O. The number of rotatable bonds is 16. The average molecular weight is 421 g/mol. The lowest BCUT2D eigenvalue weighted by Crippen LogP contribution is -2.04. The Morgan fingerprint density at radius 1 is 0.538 bits per heavy atom. The van der Waals surface area contributed by atoms with Gasteiger partial charge in [0.15, 0.2) is 0 Å². The third-order valence-electron chi connectivity index (χ3n) is 3.46. The lowest BCUT2D eigenvalue weighted by molar-refractivity contribution is 0.260. The number of hydrogen-bond donors (Lipinski definition) is 2. The van der Waals surface area contributed by atoms with Gasteiger partial charge in [0.25, 0.3) is 0 Å². The Labute approximate surface area is 159 Å². The molecule has 0 bridgehead atoms. The van der Waals surface area contributed by atoms with Crippen molar-refractivity contribution in [2.45, 2.75) is 90.9 Å². The minimum Gasteiger partial charge on any atom is -0.264 e. The average Bonchev–Trinajstić information content (AvgIpc) is 2.52. The lowest BCUT2D eigenvalue weighted by atomic mass is 10.1. The fourth-order valence-corrected chi connectivity index (χ4v) is 2.75. The molecule has 0 radical (unpaired) electrons. The smallest absolute Gasteiger partial charge is 0.264 e. The van der Waals surface area contributed by atoms with Crippen molar-refractivity contribution in [3.8, 4) is 0 Å². The van der Waals surface area contributed by atoms with Crippen LogP contribution in [0.1, 0.15) is 90.9 Å². The largest absolute Gasteiger partial charge is 0.397 e. The molecule has 0 amide bonds. The van der Waals surface area contributed by atoms with Crippen LogP contribution < -0.4 is 0 Å². The number of hydrogen-bond acceptors (Lipinski definition) is 6. The Morgan fingerprint density at radius 3 is 1.08 bits per heavy atom. The van der Waals surface area contributed by atoms with Crippen LogP contribution >= 0.6 is 0 Å². The van der Waals surface area contributed by atoms with Crippen molar-refractivity contribution >= 4 is 20.8 Å². The first-order chi connectivity index (χ1) is 12.1. The molecule has 0 aliphatic carbocycles. The summed E-state index contributed by atoms with van der Waals surface area (Å²) in [5.74, 6) is 0. The highest BCUT2D eigenvalue weighted by Crippen LogP contribution is 2.06. The molecule has 0 heterocycles. The van der Waals surface area contributed by atoms with Crippen molar-refractivity contribution in [2.75, 3.05) is 13.2 Å². The molecule has 0 aromatic carbocycles. The highest BCUT2D eigenvalue weighted by molar-refractivity contribution is 7.81. The Kier molecular flexibility index (Phi) is 19.5. The second-order valence-corrected chi connectivity index (χ2v) is 8.22. The molecule has 0 unspecified atom stereocenters. The van der Waals surface area contributed by atoms with Crippen molar-refractivity contribution < 1.29 is 34.3 Å². The number of unbranched alkanes of at least 4 members (excludes halogenated alkanes) is 10. The van der Waals surface area contributed by atoms with Crippen LogP contribution in [0.15, 0.2) is 0 Å². The van der Waals surface area contributed by atoms with Crippen molar-refractivity contribution in [2.24, 2.45) is 0 Å². The summed E-state index contributed by atoms with van der Waals surface area (Å²) in [5, 5.41) is 0. The van der Waals surface area contributed by atoms with Crippen LogP contribution in [0.5, 0.6) is 0 Å². The molecule has 26 heavy (non-hydrogen) atoms. The van der Waals surface area contributed by atoms with Gasteiger partial charge in [0, 0.05) is 0 Å². The van der Waals surface area contributed by atoms with Gasteiger partial charge < -0.3 is 0 Å². The van der Waals surface area contributed by atoms with Crippen LogP contribution in [0.2, 0.25) is 0 Å². The van der Waals surface area contributed by atoms with E-state index in [1.54, 1.807) is 0 Å². The molecule has 0 aromatic rings. The van der Waals surface area contributed by atoms with Gasteiger partial charge in [0.1, 0.15) is 0 Å². The molecule has 0 spiro atoms. The topological polar surface area (TPSA) is 127 Å². The Hall–Kier alpha value is -0.260. The molecule has 0 rings (SSSR count). The molecular weight excluding hydrogens is 384 g/mol. The molecule has 160 valence electrons. The summed E-state index contributed by atoms with van der Waals surface area (Å²) in [7, 11) is -8.44. The fraction of sp³-hybridized carbons (Fsp3) is 1.00. The van der Waals surface area contributed by atoms with E-state index in [2.05, 4.69) is 22.2 Å². The molecule has 0 atom stereocenters. The lowest BCUT2D eigenvalue weighted by Gasteiger charge is -2.00. The van der Waals surface area contributed by atoms with Crippen LogP contribution in [-0.2, 0) is 29.2 Å². The summed E-state index contributed by atoms with van der Waals surface area (Å²) in [6.07, 6.45) is 12.7. The molecule has 10 heteroatoms. The highest BCUT2D eigenvalue weighted by Gasteiger charge is 2.03. The van der Waals surface area contributed by atoms with Crippen molar-refractivity contribution in [3.05, 3.63) is 0 Å². The van der Waals surface area contributed by atoms with E-state index in [-0.39, 0.29) is 13.2 Å². The molecule has 0 aliphatic heterocycles. The summed E-state index contributed by atoms with van der Waals surface area (Å²) in [4.78, 5) is 0. The predicted molar refractivity (Wildman–Crippen MR) is 102 cm³/mol.